The first-order valence-corrected chi connectivity index (χ1v) is 3.48. The van der Waals surface area contributed by atoms with E-state index >= 15 is 0 Å². The lowest BCUT2D eigenvalue weighted by molar-refractivity contribution is -0.113. The van der Waals surface area contributed by atoms with Gasteiger partial charge in [-0.25, -0.2) is 0 Å². The van der Waals surface area contributed by atoms with Gasteiger partial charge in [-0.05, 0) is 0 Å². The molecule has 1 amide bonds. The third-order valence-corrected chi connectivity index (χ3v) is 0.942. The molecule has 66 valence electrons. The van der Waals surface area contributed by atoms with E-state index in [1.54, 1.807) is 0 Å². The van der Waals surface area contributed by atoms with Crippen LogP contribution in [0, 0.1) is 12.3 Å². The summed E-state index contributed by atoms with van der Waals surface area (Å²) < 4.78 is 5.00. The second kappa shape index (κ2) is 7.63. The number of nitrogens with two attached hydrogens (primary N) is 1. The number of terminal acetylenes is 1. The number of primary amides is 1. The maximum Gasteiger partial charge on any atom is 0.242 e. The molecule has 0 radical (unpaired) electrons. The zero-order valence-corrected chi connectivity index (χ0v) is 6.75. The van der Waals surface area contributed by atoms with Gasteiger partial charge in [-0.3, -0.25) is 4.79 Å². The third-order valence-electron chi connectivity index (χ3n) is 0.942. The van der Waals surface area contributed by atoms with Gasteiger partial charge in [0.05, 0.1) is 6.61 Å². The minimum Gasteiger partial charge on any atom is -0.369 e. The van der Waals surface area contributed by atoms with Crippen molar-refractivity contribution in [3.63, 3.8) is 0 Å². The monoisotopic (exact) mass is 168 g/mol. The average Bonchev–Trinajstić information content (AvgIpc) is 2.02. The molecule has 3 N–H and O–H groups in total. The summed E-state index contributed by atoms with van der Waals surface area (Å²) in [5.41, 5.74) is 4.82. The van der Waals surface area contributed by atoms with Crippen molar-refractivity contribution in [2.75, 3.05) is 13.3 Å². The summed E-state index contributed by atoms with van der Waals surface area (Å²) in [7, 11) is 0. The minimum atomic E-state index is -0.494. The number of carbonyl (C=O) groups excluding carboxylic acids is 1. The highest BCUT2D eigenvalue weighted by molar-refractivity contribution is 5.85. The Bertz CT molecular complexity index is 194. The molecule has 0 rings (SSSR count). The standard InChI is InChI=1S/C8H12N2O2/c1-2-3-6-12-7-10-5-4-8(9)11/h1,4-5,10H,3,6-7H2,(H2,9,11)/b5-4-. The van der Waals surface area contributed by atoms with Crippen molar-refractivity contribution in [2.24, 2.45) is 5.73 Å². The van der Waals surface area contributed by atoms with Gasteiger partial charge in [0, 0.05) is 18.7 Å². The minimum absolute atomic E-state index is 0.325. The van der Waals surface area contributed by atoms with Gasteiger partial charge in [0.1, 0.15) is 6.73 Å². The quantitative estimate of drug-likeness (QED) is 0.245. The van der Waals surface area contributed by atoms with Crippen LogP contribution in [0.15, 0.2) is 12.3 Å². The van der Waals surface area contributed by atoms with Gasteiger partial charge in [-0.1, -0.05) is 0 Å². The van der Waals surface area contributed by atoms with Crippen molar-refractivity contribution in [3.05, 3.63) is 12.3 Å². The van der Waals surface area contributed by atoms with Crippen LogP contribution in [-0.2, 0) is 9.53 Å². The van der Waals surface area contributed by atoms with Gasteiger partial charge in [0.25, 0.3) is 0 Å². The van der Waals surface area contributed by atoms with Crippen LogP contribution < -0.4 is 11.1 Å². The number of nitrogens with one attached hydrogen (secondary N) is 1. The van der Waals surface area contributed by atoms with Gasteiger partial charge >= 0.3 is 0 Å². The molecule has 0 fully saturated rings. The molecular formula is C8H12N2O2. The molecule has 0 aromatic carbocycles. The van der Waals surface area contributed by atoms with Gasteiger partial charge in [0.15, 0.2) is 0 Å². The fraction of sp³-hybridized carbons (Fsp3) is 0.375. The molecule has 12 heavy (non-hydrogen) atoms. The Hall–Kier alpha value is -1.47. The molecule has 0 aliphatic rings. The first-order valence-electron chi connectivity index (χ1n) is 3.48. The Morgan fingerprint density at radius 1 is 1.75 bits per heavy atom. The fourth-order valence-electron chi connectivity index (χ4n) is 0.451. The molecule has 0 atom stereocenters. The van der Waals surface area contributed by atoms with E-state index in [9.17, 15) is 4.79 Å². The molecule has 0 spiro atoms. The maximum atomic E-state index is 10.2. The summed E-state index contributed by atoms with van der Waals surface area (Å²) >= 11 is 0. The predicted molar refractivity (Wildman–Crippen MR) is 45.7 cm³/mol. The highest BCUT2D eigenvalue weighted by Gasteiger charge is 1.83. The molecule has 0 bridgehead atoms. The van der Waals surface area contributed by atoms with Crippen LogP contribution in [-0.4, -0.2) is 19.2 Å². The first-order chi connectivity index (χ1) is 5.77. The summed E-state index contributed by atoms with van der Waals surface area (Å²) in [6.07, 6.45) is 8.21. The van der Waals surface area contributed by atoms with Gasteiger partial charge < -0.3 is 15.8 Å². The van der Waals surface area contributed by atoms with E-state index in [1.165, 1.54) is 12.3 Å². The van der Waals surface area contributed by atoms with E-state index in [-0.39, 0.29) is 0 Å². The van der Waals surface area contributed by atoms with Crippen molar-refractivity contribution in [1.82, 2.24) is 5.32 Å². The predicted octanol–water partition coefficient (Wildman–Crippen LogP) is -0.428. The van der Waals surface area contributed by atoms with Crippen molar-refractivity contribution in [3.8, 4) is 12.3 Å². The molecule has 4 heteroatoms. The van der Waals surface area contributed by atoms with Crippen LogP contribution in [0.3, 0.4) is 0 Å². The van der Waals surface area contributed by atoms with E-state index < -0.39 is 5.91 Å². The number of carbonyl (C=O) groups is 1. The second-order valence-electron chi connectivity index (χ2n) is 1.95. The van der Waals surface area contributed by atoms with Crippen molar-refractivity contribution in [1.29, 1.82) is 0 Å². The summed E-state index contributed by atoms with van der Waals surface area (Å²) in [6, 6.07) is 0. The summed E-state index contributed by atoms with van der Waals surface area (Å²) in [4.78, 5) is 10.2. The number of ether oxygens (including phenoxy) is 1. The third kappa shape index (κ3) is 8.53. The Morgan fingerprint density at radius 3 is 3.08 bits per heavy atom. The lowest BCUT2D eigenvalue weighted by atomic mass is 10.5. The van der Waals surface area contributed by atoms with Crippen LogP contribution in [0.2, 0.25) is 0 Å². The molecule has 0 aliphatic carbocycles. The molecule has 0 heterocycles. The van der Waals surface area contributed by atoms with Crippen LogP contribution in [0.5, 0.6) is 0 Å². The summed E-state index contributed by atoms with van der Waals surface area (Å²) in [5.74, 6) is 1.94. The van der Waals surface area contributed by atoms with E-state index in [2.05, 4.69) is 11.2 Å². The smallest absolute Gasteiger partial charge is 0.242 e. The zero-order chi connectivity index (χ0) is 9.23. The van der Waals surface area contributed by atoms with Crippen molar-refractivity contribution < 1.29 is 9.53 Å². The number of hydrogen-bond donors (Lipinski definition) is 2. The highest BCUT2D eigenvalue weighted by atomic mass is 16.5. The van der Waals surface area contributed by atoms with Crippen LogP contribution in [0.1, 0.15) is 6.42 Å². The highest BCUT2D eigenvalue weighted by Crippen LogP contribution is 1.77. The summed E-state index contributed by atoms with van der Waals surface area (Å²) in [6.45, 7) is 0.833. The molecule has 0 aliphatic heterocycles. The van der Waals surface area contributed by atoms with Crippen LogP contribution >= 0.6 is 0 Å². The van der Waals surface area contributed by atoms with Crippen molar-refractivity contribution in [2.45, 2.75) is 6.42 Å². The Balaban J connectivity index is 3.11. The fourth-order valence-corrected chi connectivity index (χ4v) is 0.451. The van der Waals surface area contributed by atoms with Gasteiger partial charge in [-0.2, -0.15) is 0 Å². The zero-order valence-electron chi connectivity index (χ0n) is 6.75. The SMILES string of the molecule is C#CCCOCN/C=C\C(N)=O. The molecular weight excluding hydrogens is 156 g/mol. The normalized spacial score (nSPS) is 9.58. The summed E-state index contributed by atoms with van der Waals surface area (Å²) in [5, 5.41) is 2.70. The topological polar surface area (TPSA) is 64.3 Å². The Labute approximate surface area is 71.8 Å². The molecule has 4 nitrogen and oxygen atoms in total. The largest absolute Gasteiger partial charge is 0.369 e. The molecule has 0 saturated heterocycles. The van der Waals surface area contributed by atoms with E-state index in [4.69, 9.17) is 16.9 Å². The Kier molecular flexibility index (Phi) is 6.70. The first kappa shape index (κ1) is 10.5. The number of hydrogen-bond acceptors (Lipinski definition) is 3. The lowest BCUT2D eigenvalue weighted by Crippen LogP contribution is -2.13. The second-order valence-corrected chi connectivity index (χ2v) is 1.95. The maximum absolute atomic E-state index is 10.2. The van der Waals surface area contributed by atoms with E-state index in [0.717, 1.165) is 0 Å². The van der Waals surface area contributed by atoms with Gasteiger partial charge in [0.2, 0.25) is 5.91 Å². The van der Waals surface area contributed by atoms with Crippen molar-refractivity contribution >= 4 is 5.91 Å². The molecule has 0 saturated carbocycles. The molecule has 0 aromatic rings. The number of amides is 1. The molecule has 0 unspecified atom stereocenters. The average molecular weight is 168 g/mol. The lowest BCUT2D eigenvalue weighted by Gasteiger charge is -1.99. The van der Waals surface area contributed by atoms with Gasteiger partial charge in [-0.15, -0.1) is 12.3 Å². The number of rotatable bonds is 6. The van der Waals surface area contributed by atoms with Crippen LogP contribution in [0.4, 0.5) is 0 Å². The molecule has 0 aromatic heterocycles. The van der Waals surface area contributed by atoms with E-state index in [0.29, 0.717) is 19.8 Å². The van der Waals surface area contributed by atoms with E-state index in [1.807, 2.05) is 0 Å². The van der Waals surface area contributed by atoms with Crippen LogP contribution in [0.25, 0.3) is 0 Å². The Morgan fingerprint density at radius 2 is 2.50 bits per heavy atom.